The highest BCUT2D eigenvalue weighted by Gasteiger charge is 2.21. The molecule has 0 aliphatic heterocycles. The van der Waals surface area contributed by atoms with E-state index < -0.39 is 5.97 Å². The standard InChI is InChI=1S/C20H27FN2O2/c21-16-13-11-15(12-14-16)19(24)25-20(22-17-7-3-1-4-8-17)23-18-9-5-2-6-10-18/h11-14,17-18H,1-10H2,(H,22,23). The molecular formula is C20H27FN2O2. The van der Waals surface area contributed by atoms with Crippen molar-refractivity contribution in [3.8, 4) is 0 Å². The van der Waals surface area contributed by atoms with Crippen LogP contribution in [0.5, 0.6) is 0 Å². The van der Waals surface area contributed by atoms with E-state index in [9.17, 15) is 9.18 Å². The maximum Gasteiger partial charge on any atom is 0.345 e. The number of hydrogen-bond donors (Lipinski definition) is 1. The van der Waals surface area contributed by atoms with E-state index in [1.165, 1.54) is 62.8 Å². The van der Waals surface area contributed by atoms with Crippen LogP contribution < -0.4 is 5.32 Å². The van der Waals surface area contributed by atoms with Crippen molar-refractivity contribution >= 4 is 12.0 Å². The second-order valence-electron chi connectivity index (χ2n) is 7.10. The molecule has 2 aliphatic rings. The third-order valence-electron chi connectivity index (χ3n) is 5.08. The Morgan fingerprint density at radius 1 is 0.960 bits per heavy atom. The number of hydrogen-bond acceptors (Lipinski definition) is 3. The Morgan fingerprint density at radius 3 is 2.20 bits per heavy atom. The minimum atomic E-state index is -0.488. The molecule has 0 aromatic heterocycles. The topological polar surface area (TPSA) is 50.7 Å². The first-order valence-electron chi connectivity index (χ1n) is 9.53. The Morgan fingerprint density at radius 2 is 1.56 bits per heavy atom. The molecule has 1 aromatic carbocycles. The largest absolute Gasteiger partial charge is 0.389 e. The smallest absolute Gasteiger partial charge is 0.345 e. The molecule has 136 valence electrons. The quantitative estimate of drug-likeness (QED) is 0.495. The van der Waals surface area contributed by atoms with Gasteiger partial charge in [0.15, 0.2) is 0 Å². The highest BCUT2D eigenvalue weighted by molar-refractivity contribution is 5.97. The third-order valence-corrected chi connectivity index (χ3v) is 5.08. The number of nitrogens with one attached hydrogen (secondary N) is 1. The van der Waals surface area contributed by atoms with Gasteiger partial charge in [0.05, 0.1) is 11.6 Å². The monoisotopic (exact) mass is 346 g/mol. The van der Waals surface area contributed by atoms with Crippen LogP contribution in [0.15, 0.2) is 29.3 Å². The van der Waals surface area contributed by atoms with Crippen molar-refractivity contribution in [1.29, 1.82) is 0 Å². The summed E-state index contributed by atoms with van der Waals surface area (Å²) in [4.78, 5) is 17.1. The minimum Gasteiger partial charge on any atom is -0.389 e. The average molecular weight is 346 g/mol. The highest BCUT2D eigenvalue weighted by atomic mass is 19.1. The second-order valence-corrected chi connectivity index (χ2v) is 7.10. The molecule has 0 bridgehead atoms. The van der Waals surface area contributed by atoms with Crippen molar-refractivity contribution in [2.45, 2.75) is 76.3 Å². The number of rotatable bonds is 3. The Labute approximate surface area is 148 Å². The van der Waals surface area contributed by atoms with Gasteiger partial charge >= 0.3 is 5.97 Å². The van der Waals surface area contributed by atoms with Crippen LogP contribution >= 0.6 is 0 Å². The second kappa shape index (κ2) is 8.97. The molecular weight excluding hydrogens is 319 g/mol. The predicted octanol–water partition coefficient (Wildman–Crippen LogP) is 4.59. The first-order chi connectivity index (χ1) is 12.2. The summed E-state index contributed by atoms with van der Waals surface area (Å²) in [5, 5.41) is 3.35. The van der Waals surface area contributed by atoms with Crippen LogP contribution in [0.1, 0.15) is 74.6 Å². The average Bonchev–Trinajstić information content (AvgIpc) is 2.64. The molecule has 0 heterocycles. The summed E-state index contributed by atoms with van der Waals surface area (Å²) >= 11 is 0. The SMILES string of the molecule is O=C(OC(=NC1CCCCC1)NC1CCCCC1)c1ccc(F)cc1. The molecule has 0 amide bonds. The van der Waals surface area contributed by atoms with Gasteiger partial charge in [-0.3, -0.25) is 0 Å². The van der Waals surface area contributed by atoms with Crippen LogP contribution in [0, 0.1) is 5.82 Å². The number of amidine groups is 1. The Hall–Kier alpha value is -1.91. The van der Waals surface area contributed by atoms with E-state index in [4.69, 9.17) is 9.73 Å². The van der Waals surface area contributed by atoms with E-state index in [-0.39, 0.29) is 11.9 Å². The van der Waals surface area contributed by atoms with Gasteiger partial charge in [-0.05, 0) is 49.9 Å². The first-order valence-corrected chi connectivity index (χ1v) is 9.53. The van der Waals surface area contributed by atoms with Crippen LogP contribution in [0.3, 0.4) is 0 Å². The van der Waals surface area contributed by atoms with Gasteiger partial charge in [0.25, 0.3) is 6.02 Å². The van der Waals surface area contributed by atoms with Gasteiger partial charge in [-0.2, -0.15) is 0 Å². The summed E-state index contributed by atoms with van der Waals surface area (Å²) in [7, 11) is 0. The van der Waals surface area contributed by atoms with Crippen molar-refractivity contribution in [3.63, 3.8) is 0 Å². The van der Waals surface area contributed by atoms with Crippen LogP contribution in [-0.2, 0) is 4.74 Å². The molecule has 1 aromatic rings. The fourth-order valence-corrected chi connectivity index (χ4v) is 3.62. The fraction of sp³-hybridized carbons (Fsp3) is 0.600. The number of benzene rings is 1. The summed E-state index contributed by atoms with van der Waals surface area (Å²) in [6, 6.07) is 6.30. The van der Waals surface area contributed by atoms with Gasteiger partial charge in [0.2, 0.25) is 0 Å². The van der Waals surface area contributed by atoms with Gasteiger partial charge in [0.1, 0.15) is 5.82 Å². The van der Waals surface area contributed by atoms with Crippen LogP contribution in [0.25, 0.3) is 0 Å². The molecule has 0 spiro atoms. The summed E-state index contributed by atoms with van der Waals surface area (Å²) in [6.45, 7) is 0. The molecule has 0 radical (unpaired) electrons. The normalized spacial score (nSPS) is 20.3. The van der Waals surface area contributed by atoms with Gasteiger partial charge < -0.3 is 10.1 Å². The molecule has 4 nitrogen and oxygen atoms in total. The van der Waals surface area contributed by atoms with Crippen molar-refractivity contribution in [2.24, 2.45) is 4.99 Å². The number of nitrogens with zero attached hydrogens (tertiary/aromatic N) is 1. The molecule has 25 heavy (non-hydrogen) atoms. The maximum atomic E-state index is 13.0. The lowest BCUT2D eigenvalue weighted by molar-refractivity contribution is 0.0703. The van der Waals surface area contributed by atoms with Crippen LogP contribution in [0.4, 0.5) is 4.39 Å². The zero-order valence-electron chi connectivity index (χ0n) is 14.7. The van der Waals surface area contributed by atoms with E-state index in [1.54, 1.807) is 0 Å². The Balaban J connectivity index is 1.68. The zero-order valence-corrected chi connectivity index (χ0v) is 14.7. The molecule has 2 aliphatic carbocycles. The molecule has 0 atom stereocenters. The van der Waals surface area contributed by atoms with E-state index in [0.717, 1.165) is 25.7 Å². The molecule has 1 N–H and O–H groups in total. The number of carbonyl (C=O) groups is 1. The lowest BCUT2D eigenvalue weighted by atomic mass is 9.95. The zero-order chi connectivity index (χ0) is 17.5. The van der Waals surface area contributed by atoms with Gasteiger partial charge in [0, 0.05) is 6.04 Å². The minimum absolute atomic E-state index is 0.223. The Kier molecular flexibility index (Phi) is 6.42. The van der Waals surface area contributed by atoms with Crippen LogP contribution in [-0.4, -0.2) is 24.1 Å². The number of carbonyl (C=O) groups excluding carboxylic acids is 1. The maximum absolute atomic E-state index is 13.0. The molecule has 0 saturated heterocycles. The summed E-state index contributed by atoms with van der Waals surface area (Å²) in [5.74, 6) is -0.856. The van der Waals surface area contributed by atoms with E-state index in [1.807, 2.05) is 0 Å². The van der Waals surface area contributed by atoms with E-state index >= 15 is 0 Å². The number of esters is 1. The predicted molar refractivity (Wildman–Crippen MR) is 96.1 cm³/mol. The highest BCUT2D eigenvalue weighted by Crippen LogP contribution is 2.21. The number of halogens is 1. The third kappa shape index (κ3) is 5.55. The fourth-order valence-electron chi connectivity index (χ4n) is 3.62. The van der Waals surface area contributed by atoms with Crippen molar-refractivity contribution in [3.05, 3.63) is 35.6 Å². The Bertz CT molecular complexity index is 588. The lowest BCUT2D eigenvalue weighted by Crippen LogP contribution is -2.39. The van der Waals surface area contributed by atoms with Gasteiger partial charge in [-0.1, -0.05) is 38.5 Å². The van der Waals surface area contributed by atoms with Crippen molar-refractivity contribution in [2.75, 3.05) is 0 Å². The van der Waals surface area contributed by atoms with E-state index in [2.05, 4.69) is 5.32 Å². The van der Waals surface area contributed by atoms with Crippen molar-refractivity contribution < 1.29 is 13.9 Å². The van der Waals surface area contributed by atoms with Gasteiger partial charge in [-0.15, -0.1) is 0 Å². The number of aliphatic imine (C=N–C) groups is 1. The number of ether oxygens (including phenoxy) is 1. The van der Waals surface area contributed by atoms with Gasteiger partial charge in [-0.25, -0.2) is 14.2 Å². The molecule has 0 unspecified atom stereocenters. The van der Waals surface area contributed by atoms with Crippen LogP contribution in [0.2, 0.25) is 0 Å². The summed E-state index contributed by atoms with van der Waals surface area (Å²) in [5.41, 5.74) is 0.336. The molecule has 2 saturated carbocycles. The summed E-state index contributed by atoms with van der Waals surface area (Å²) in [6.07, 6.45) is 11.5. The van der Waals surface area contributed by atoms with E-state index in [0.29, 0.717) is 17.6 Å². The first kappa shape index (κ1) is 17.9. The molecule has 3 rings (SSSR count). The summed E-state index contributed by atoms with van der Waals surface area (Å²) < 4.78 is 18.6. The van der Waals surface area contributed by atoms with Crippen molar-refractivity contribution in [1.82, 2.24) is 5.32 Å². The molecule has 2 fully saturated rings. The molecule has 5 heteroatoms. The lowest BCUT2D eigenvalue weighted by Gasteiger charge is -2.25.